The van der Waals surface area contributed by atoms with Crippen LogP contribution < -0.4 is 11.3 Å². The minimum absolute atomic E-state index is 0.00524. The van der Waals surface area contributed by atoms with Crippen molar-refractivity contribution in [3.8, 4) is 11.3 Å². The van der Waals surface area contributed by atoms with Crippen LogP contribution in [0.1, 0.15) is 0 Å². The third-order valence-corrected chi connectivity index (χ3v) is 8.68. The molecule has 1 fully saturated rings. The van der Waals surface area contributed by atoms with E-state index in [-0.39, 0.29) is 29.9 Å². The summed E-state index contributed by atoms with van der Waals surface area (Å²) in [6.07, 6.45) is -1.46. The van der Waals surface area contributed by atoms with Gasteiger partial charge < -0.3 is 34.5 Å². The molecule has 0 amide bonds. The van der Waals surface area contributed by atoms with Crippen LogP contribution in [0.5, 0.6) is 0 Å². The van der Waals surface area contributed by atoms with Crippen LogP contribution in [0.2, 0.25) is 0 Å². The minimum atomic E-state index is -1.53. The number of para-hydroxylation sites is 1. The second kappa shape index (κ2) is 12.3. The molecule has 6 rings (SSSR count). The number of aromatic nitrogens is 5. The Bertz CT molecular complexity index is 1680. The molecule has 0 saturated carbocycles. The summed E-state index contributed by atoms with van der Waals surface area (Å²) in [6, 6.07) is 16.9. The molecule has 16 heteroatoms. The quantitative estimate of drug-likeness (QED) is 0.0417. The fourth-order valence-corrected chi connectivity index (χ4v) is 6.57. The lowest BCUT2D eigenvalue weighted by atomic mass is 10.1. The Labute approximate surface area is 237 Å². The molecule has 4 unspecified atom stereocenters. The fourth-order valence-electron chi connectivity index (χ4n) is 4.27. The maximum absolute atomic E-state index is 13.5. The van der Waals surface area contributed by atoms with Crippen molar-refractivity contribution in [3.05, 3.63) is 71.1 Å². The Morgan fingerprint density at radius 2 is 1.93 bits per heavy atom. The number of hydrogen-bond donors (Lipinski definition) is 6. The van der Waals surface area contributed by atoms with Gasteiger partial charge in [0.1, 0.15) is 18.3 Å². The number of hydrogen-bond acceptors (Lipinski definition) is 11. The van der Waals surface area contributed by atoms with E-state index in [1.165, 1.54) is 16.2 Å². The molecule has 0 radical (unpaired) electrons. The van der Waals surface area contributed by atoms with Crippen LogP contribution in [0.15, 0.2) is 75.6 Å². The number of aliphatic hydroxyl groups is 2. The van der Waals surface area contributed by atoms with E-state index in [1.54, 1.807) is 16.8 Å². The van der Waals surface area contributed by atoms with Gasteiger partial charge in [0, 0.05) is 16.8 Å². The molecule has 5 aromatic rings. The molecular formula is C24H26N6O7PS2+. The fraction of sp³-hybridized carbons (Fsp3) is 0.208. The number of nitrogen functional groups attached to an aromatic ring is 1. The highest BCUT2D eigenvalue weighted by molar-refractivity contribution is 8.41. The van der Waals surface area contributed by atoms with Gasteiger partial charge in [-0.05, 0) is 29.5 Å². The number of anilines is 1. The Balaban J connectivity index is 0.00000158. The molecule has 0 bridgehead atoms. The van der Waals surface area contributed by atoms with Crippen molar-refractivity contribution in [2.75, 3.05) is 12.3 Å². The molecule has 2 aromatic carbocycles. The molecule has 1 aliphatic rings. The number of fused-ring (bicyclic) bond motifs is 2. The van der Waals surface area contributed by atoms with E-state index in [2.05, 4.69) is 22.2 Å². The van der Waals surface area contributed by atoms with Gasteiger partial charge in [-0.2, -0.15) is 4.98 Å². The normalized spacial score (nSPS) is 19.9. The molecule has 4 atom stereocenters. The van der Waals surface area contributed by atoms with Gasteiger partial charge in [-0.1, -0.05) is 54.7 Å². The van der Waals surface area contributed by atoms with Gasteiger partial charge >= 0.3 is 0 Å². The van der Waals surface area contributed by atoms with E-state index in [4.69, 9.17) is 30.3 Å². The molecule has 1 saturated heterocycles. The second-order valence-electron chi connectivity index (χ2n) is 8.70. The van der Waals surface area contributed by atoms with Crippen molar-refractivity contribution in [1.29, 1.82) is 0 Å². The summed E-state index contributed by atoms with van der Waals surface area (Å²) in [5, 5.41) is 32.9. The standard InChI is InChI=1S/C24H23N6O5PS2.H2O2/c25-14-8-4-5-9-18(14)38-24-27-19-21(29(24)11-16(31)20-17(32)12-34-36(37)35-20)28-23-26-15(10-30(23)22(19)33)13-6-2-1-3-7-13;1-2/h1-10,16-17,20,31-32,37H,11-12,25H2,(H,26,28);1-2H/p+1. The van der Waals surface area contributed by atoms with Crippen molar-refractivity contribution >= 4 is 54.2 Å². The van der Waals surface area contributed by atoms with Crippen molar-refractivity contribution in [1.82, 2.24) is 23.9 Å². The van der Waals surface area contributed by atoms with Gasteiger partial charge in [0.05, 0.1) is 18.8 Å². The predicted octanol–water partition coefficient (Wildman–Crippen LogP) is 2.25. The lowest BCUT2D eigenvalue weighted by Gasteiger charge is -2.33. The second-order valence-corrected chi connectivity index (χ2v) is 11.6. The summed E-state index contributed by atoms with van der Waals surface area (Å²) >= 11 is 5.47. The Hall–Kier alpha value is -2.98. The van der Waals surface area contributed by atoms with Gasteiger partial charge in [-0.15, -0.1) is 5.26 Å². The van der Waals surface area contributed by atoms with E-state index in [0.29, 0.717) is 16.6 Å². The Kier molecular flexibility index (Phi) is 8.75. The lowest BCUT2D eigenvalue weighted by molar-refractivity contribution is -0.176. The van der Waals surface area contributed by atoms with Crippen LogP contribution in [0.4, 0.5) is 5.69 Å². The van der Waals surface area contributed by atoms with Gasteiger partial charge in [0.15, 0.2) is 16.3 Å². The number of aliphatic hydroxyl groups excluding tert-OH is 2. The molecule has 8 N–H and O–H groups in total. The molecule has 3 aromatic heterocycles. The number of imidazole rings is 2. The summed E-state index contributed by atoms with van der Waals surface area (Å²) in [5.41, 5.74) is 8.39. The number of nitrogens with two attached hydrogens (primary N) is 1. The van der Waals surface area contributed by atoms with E-state index in [0.717, 1.165) is 16.2 Å². The predicted molar refractivity (Wildman–Crippen MR) is 155 cm³/mol. The SMILES string of the molecule is Nc1ccccc1Sc1nc2c(=O)n3cc(-c4ccccc4)[nH]c3nc2n1CC(O)C1OP(S)OCC1O.O[OH2+]. The summed E-state index contributed by atoms with van der Waals surface area (Å²) in [6.45, 7) is -0.0617. The minimum Gasteiger partial charge on any atom is -0.398 e. The van der Waals surface area contributed by atoms with Crippen LogP contribution in [-0.2, 0) is 15.6 Å². The van der Waals surface area contributed by atoms with Crippen LogP contribution in [0, 0.1) is 0 Å². The van der Waals surface area contributed by atoms with Gasteiger partial charge in [-0.3, -0.25) is 10.1 Å². The number of aromatic amines is 1. The average Bonchev–Trinajstić information content (AvgIpc) is 3.55. The largest absolute Gasteiger partial charge is 0.398 e. The van der Waals surface area contributed by atoms with Crippen molar-refractivity contribution in [2.24, 2.45) is 0 Å². The van der Waals surface area contributed by atoms with Gasteiger partial charge in [0.25, 0.3) is 5.56 Å². The maximum atomic E-state index is 13.5. The first-order valence-electron chi connectivity index (χ1n) is 11.9. The van der Waals surface area contributed by atoms with E-state index in [9.17, 15) is 15.0 Å². The number of H-pyrrole nitrogens is 1. The number of benzene rings is 2. The van der Waals surface area contributed by atoms with Crippen molar-refractivity contribution in [2.45, 2.75) is 34.9 Å². The van der Waals surface area contributed by atoms with Crippen LogP contribution in [-0.4, -0.2) is 69.6 Å². The number of nitrogens with zero attached hydrogens (tertiary/aromatic N) is 4. The van der Waals surface area contributed by atoms with E-state index >= 15 is 0 Å². The lowest BCUT2D eigenvalue weighted by Crippen LogP contribution is -2.45. The van der Waals surface area contributed by atoms with Crippen molar-refractivity contribution < 1.29 is 29.8 Å². The summed E-state index contributed by atoms with van der Waals surface area (Å²) < 4.78 is 13.9. The summed E-state index contributed by atoms with van der Waals surface area (Å²) in [5.74, 6) is 0.328. The smallest absolute Gasteiger partial charge is 0.287 e. The zero-order chi connectivity index (χ0) is 28.4. The van der Waals surface area contributed by atoms with Gasteiger partial charge in [0.2, 0.25) is 13.4 Å². The monoisotopic (exact) mass is 605 g/mol. The van der Waals surface area contributed by atoms with Crippen LogP contribution >= 0.6 is 31.6 Å². The Morgan fingerprint density at radius 1 is 1.20 bits per heavy atom. The summed E-state index contributed by atoms with van der Waals surface area (Å²) in [7, 11) is -1.53. The average molecular weight is 606 g/mol. The first-order valence-corrected chi connectivity index (χ1v) is 15.0. The number of nitrogens with one attached hydrogen (secondary N) is 1. The molecule has 0 aliphatic carbocycles. The highest BCUT2D eigenvalue weighted by atomic mass is 32.7. The van der Waals surface area contributed by atoms with E-state index in [1.807, 2.05) is 48.5 Å². The topological polar surface area (TPSA) is 196 Å². The number of rotatable bonds is 6. The van der Waals surface area contributed by atoms with Gasteiger partial charge in [-0.25, -0.2) is 9.38 Å². The van der Waals surface area contributed by atoms with E-state index < -0.39 is 25.9 Å². The molecule has 40 heavy (non-hydrogen) atoms. The molecular weight excluding hydrogens is 579 g/mol. The Morgan fingerprint density at radius 3 is 2.67 bits per heavy atom. The molecule has 210 valence electrons. The molecule has 13 nitrogen and oxygen atoms in total. The first-order chi connectivity index (χ1) is 19.4. The molecule has 1 aliphatic heterocycles. The molecule has 0 spiro atoms. The first kappa shape index (κ1) is 28.5. The van der Waals surface area contributed by atoms with Crippen LogP contribution in [0.3, 0.4) is 0 Å². The number of thiol groups is 1. The summed E-state index contributed by atoms with van der Waals surface area (Å²) in [4.78, 5) is 26.8. The molecule has 4 heterocycles. The maximum Gasteiger partial charge on any atom is 0.287 e. The van der Waals surface area contributed by atoms with Crippen molar-refractivity contribution in [3.63, 3.8) is 0 Å². The highest BCUT2D eigenvalue weighted by Crippen LogP contribution is 2.48. The zero-order valence-electron chi connectivity index (χ0n) is 20.7. The zero-order valence-corrected chi connectivity index (χ0v) is 23.3. The van der Waals surface area contributed by atoms with Crippen LogP contribution in [0.25, 0.3) is 28.2 Å². The highest BCUT2D eigenvalue weighted by Gasteiger charge is 2.36. The third-order valence-electron chi connectivity index (χ3n) is 6.17. The third kappa shape index (κ3) is 5.61.